The monoisotopic (exact) mass is 317 g/mol. The van der Waals surface area contributed by atoms with Crippen LogP contribution in [0.25, 0.3) is 0 Å². The predicted octanol–water partition coefficient (Wildman–Crippen LogP) is 3.66. The quantitative estimate of drug-likeness (QED) is 0.847. The first-order valence-corrected chi connectivity index (χ1v) is 6.33. The van der Waals surface area contributed by atoms with E-state index >= 15 is 0 Å². The van der Waals surface area contributed by atoms with Gasteiger partial charge in [0.25, 0.3) is 0 Å². The molecule has 0 bridgehead atoms. The fourth-order valence-electron chi connectivity index (χ4n) is 1.66. The molecule has 0 aliphatic carbocycles. The molecule has 19 heavy (non-hydrogen) atoms. The predicted molar refractivity (Wildman–Crippen MR) is 79.5 cm³/mol. The van der Waals surface area contributed by atoms with Crippen LogP contribution in [0.3, 0.4) is 0 Å². The highest BCUT2D eigenvalue weighted by atomic mass is 79.9. The third kappa shape index (κ3) is 2.98. The van der Waals surface area contributed by atoms with E-state index in [0.29, 0.717) is 16.9 Å². The summed E-state index contributed by atoms with van der Waals surface area (Å²) < 4.78 is 6.10. The van der Waals surface area contributed by atoms with Crippen LogP contribution in [0.5, 0.6) is 5.75 Å². The number of anilines is 3. The van der Waals surface area contributed by atoms with Gasteiger partial charge in [0.1, 0.15) is 11.8 Å². The largest absolute Gasteiger partial charge is 0.495 e. The van der Waals surface area contributed by atoms with E-state index in [4.69, 9.17) is 15.7 Å². The van der Waals surface area contributed by atoms with E-state index in [1.54, 1.807) is 25.3 Å². The third-order valence-corrected chi connectivity index (χ3v) is 3.25. The molecule has 2 aromatic rings. The molecule has 3 N–H and O–H groups in total. The maximum absolute atomic E-state index is 9.09. The Kier molecular flexibility index (Phi) is 3.93. The van der Waals surface area contributed by atoms with E-state index in [0.717, 1.165) is 15.9 Å². The lowest BCUT2D eigenvalue weighted by Crippen LogP contribution is -1.96. The number of nitrogens with zero attached hydrogens (tertiary/aromatic N) is 1. The van der Waals surface area contributed by atoms with Gasteiger partial charge >= 0.3 is 0 Å². The summed E-state index contributed by atoms with van der Waals surface area (Å²) in [5.74, 6) is 0.721. The van der Waals surface area contributed by atoms with Crippen molar-refractivity contribution in [3.8, 4) is 11.8 Å². The summed E-state index contributed by atoms with van der Waals surface area (Å²) in [6, 6.07) is 12.9. The number of ether oxygens (including phenoxy) is 1. The molecule has 0 amide bonds. The summed E-state index contributed by atoms with van der Waals surface area (Å²) >= 11 is 3.39. The molecule has 96 valence electrons. The van der Waals surface area contributed by atoms with E-state index in [9.17, 15) is 0 Å². The second-order valence-corrected chi connectivity index (χ2v) is 4.75. The number of hydrogen-bond acceptors (Lipinski definition) is 4. The molecule has 0 fully saturated rings. The van der Waals surface area contributed by atoms with Gasteiger partial charge in [-0.2, -0.15) is 5.26 Å². The first kappa shape index (κ1) is 13.2. The van der Waals surface area contributed by atoms with Crippen LogP contribution in [-0.2, 0) is 0 Å². The molecule has 0 atom stereocenters. The molecule has 5 heteroatoms. The van der Waals surface area contributed by atoms with Crippen molar-refractivity contribution in [2.24, 2.45) is 0 Å². The van der Waals surface area contributed by atoms with Gasteiger partial charge in [-0.3, -0.25) is 0 Å². The summed E-state index contributed by atoms with van der Waals surface area (Å²) in [6.07, 6.45) is 0. The summed E-state index contributed by atoms with van der Waals surface area (Å²) in [7, 11) is 1.60. The van der Waals surface area contributed by atoms with Gasteiger partial charge in [-0.25, -0.2) is 0 Å². The minimum absolute atomic E-state index is 0.502. The smallest absolute Gasteiger partial charge is 0.135 e. The molecule has 0 aliphatic rings. The van der Waals surface area contributed by atoms with Crippen molar-refractivity contribution in [1.82, 2.24) is 0 Å². The van der Waals surface area contributed by atoms with E-state index in [2.05, 4.69) is 27.3 Å². The van der Waals surface area contributed by atoms with E-state index in [-0.39, 0.29) is 0 Å². The minimum atomic E-state index is 0.502. The summed E-state index contributed by atoms with van der Waals surface area (Å²) in [5, 5.41) is 12.3. The van der Waals surface area contributed by atoms with Crippen LogP contribution in [0, 0.1) is 11.3 Å². The zero-order valence-electron chi connectivity index (χ0n) is 10.3. The van der Waals surface area contributed by atoms with Gasteiger partial charge in [-0.15, -0.1) is 0 Å². The molecule has 0 spiro atoms. The second-order valence-electron chi connectivity index (χ2n) is 3.89. The number of benzene rings is 2. The molecule has 2 rings (SSSR count). The Morgan fingerprint density at radius 1 is 1.26 bits per heavy atom. The molecule has 0 heterocycles. The van der Waals surface area contributed by atoms with Crippen LogP contribution in [0.15, 0.2) is 40.9 Å². The molecular weight excluding hydrogens is 306 g/mol. The van der Waals surface area contributed by atoms with Crippen LogP contribution in [0.2, 0.25) is 0 Å². The van der Waals surface area contributed by atoms with Gasteiger partial charge in [-0.05, 0) is 46.3 Å². The SMILES string of the molecule is COc1cc(Nc2ccc(N)cc2C#N)ccc1Br. The highest BCUT2D eigenvalue weighted by Crippen LogP contribution is 2.30. The van der Waals surface area contributed by atoms with Crippen LogP contribution in [-0.4, -0.2) is 7.11 Å². The average molecular weight is 318 g/mol. The zero-order valence-corrected chi connectivity index (χ0v) is 11.9. The van der Waals surface area contributed by atoms with E-state index in [1.807, 2.05) is 18.2 Å². The number of hydrogen-bond donors (Lipinski definition) is 2. The molecule has 0 saturated carbocycles. The van der Waals surface area contributed by atoms with E-state index < -0.39 is 0 Å². The first-order valence-electron chi connectivity index (χ1n) is 5.54. The number of halogens is 1. The van der Waals surface area contributed by atoms with Gasteiger partial charge in [0, 0.05) is 17.4 Å². The normalized spacial score (nSPS) is 9.74. The van der Waals surface area contributed by atoms with Crippen LogP contribution >= 0.6 is 15.9 Å². The molecule has 0 radical (unpaired) electrons. The maximum Gasteiger partial charge on any atom is 0.135 e. The van der Waals surface area contributed by atoms with Crippen molar-refractivity contribution in [3.05, 3.63) is 46.4 Å². The number of nitrogens with one attached hydrogen (secondary N) is 1. The molecule has 2 aromatic carbocycles. The number of nitriles is 1. The first-order chi connectivity index (χ1) is 9.13. The fourth-order valence-corrected chi connectivity index (χ4v) is 2.06. The lowest BCUT2D eigenvalue weighted by atomic mass is 10.1. The number of nitrogen functional groups attached to an aromatic ring is 1. The van der Waals surface area contributed by atoms with Crippen molar-refractivity contribution in [1.29, 1.82) is 5.26 Å². The molecular formula is C14H12BrN3O. The number of methoxy groups -OCH3 is 1. The van der Waals surface area contributed by atoms with Gasteiger partial charge in [0.15, 0.2) is 0 Å². The Hall–Kier alpha value is -2.19. The van der Waals surface area contributed by atoms with Crippen LogP contribution in [0.1, 0.15) is 5.56 Å². The van der Waals surface area contributed by atoms with Gasteiger partial charge in [0.05, 0.1) is 22.8 Å². The van der Waals surface area contributed by atoms with Crippen molar-refractivity contribution >= 4 is 33.0 Å². The Labute approximate surface area is 119 Å². The maximum atomic E-state index is 9.09. The van der Waals surface area contributed by atoms with Crippen molar-refractivity contribution in [2.45, 2.75) is 0 Å². The van der Waals surface area contributed by atoms with Crippen LogP contribution < -0.4 is 15.8 Å². The molecule has 0 unspecified atom stereocenters. The summed E-state index contributed by atoms with van der Waals surface area (Å²) in [5.41, 5.74) is 8.27. The number of nitrogens with two attached hydrogens (primary N) is 1. The highest BCUT2D eigenvalue weighted by Gasteiger charge is 2.05. The van der Waals surface area contributed by atoms with Crippen molar-refractivity contribution in [2.75, 3.05) is 18.2 Å². The molecule has 0 saturated heterocycles. The van der Waals surface area contributed by atoms with Gasteiger partial charge in [-0.1, -0.05) is 0 Å². The Morgan fingerprint density at radius 3 is 2.74 bits per heavy atom. The minimum Gasteiger partial charge on any atom is -0.495 e. The molecule has 4 nitrogen and oxygen atoms in total. The third-order valence-electron chi connectivity index (χ3n) is 2.59. The topological polar surface area (TPSA) is 71.1 Å². The second kappa shape index (κ2) is 5.63. The standard InChI is InChI=1S/C14H12BrN3O/c1-19-14-7-11(3-4-12(14)15)18-13-5-2-10(17)6-9(13)8-16/h2-7,18H,17H2,1H3. The Balaban J connectivity index is 2.34. The Bertz CT molecular complexity index is 650. The van der Waals surface area contributed by atoms with Crippen molar-refractivity contribution in [3.63, 3.8) is 0 Å². The Morgan fingerprint density at radius 2 is 2.05 bits per heavy atom. The molecule has 0 aromatic heterocycles. The molecule has 0 aliphatic heterocycles. The highest BCUT2D eigenvalue weighted by molar-refractivity contribution is 9.10. The number of rotatable bonds is 3. The summed E-state index contributed by atoms with van der Waals surface area (Å²) in [4.78, 5) is 0. The lowest BCUT2D eigenvalue weighted by molar-refractivity contribution is 0.412. The lowest BCUT2D eigenvalue weighted by Gasteiger charge is -2.11. The zero-order chi connectivity index (χ0) is 13.8. The van der Waals surface area contributed by atoms with Gasteiger partial charge in [0.2, 0.25) is 0 Å². The summed E-state index contributed by atoms with van der Waals surface area (Å²) in [6.45, 7) is 0. The fraction of sp³-hybridized carbons (Fsp3) is 0.0714. The van der Waals surface area contributed by atoms with Gasteiger partial charge < -0.3 is 15.8 Å². The van der Waals surface area contributed by atoms with E-state index in [1.165, 1.54) is 0 Å². The van der Waals surface area contributed by atoms with Crippen molar-refractivity contribution < 1.29 is 4.74 Å². The van der Waals surface area contributed by atoms with Crippen LogP contribution in [0.4, 0.5) is 17.1 Å². The average Bonchev–Trinajstić information content (AvgIpc) is 2.42.